The summed E-state index contributed by atoms with van der Waals surface area (Å²) >= 11 is 12.7. The Kier molecular flexibility index (Phi) is 3.58. The van der Waals surface area contributed by atoms with Gasteiger partial charge in [-0.25, -0.2) is 4.79 Å². The number of rotatable bonds is 2. The van der Waals surface area contributed by atoms with Crippen molar-refractivity contribution in [1.29, 1.82) is 0 Å². The molecule has 0 aromatic carbocycles. The lowest BCUT2D eigenvalue weighted by Gasteiger charge is -2.24. The van der Waals surface area contributed by atoms with E-state index < -0.39 is 16.3 Å². The van der Waals surface area contributed by atoms with E-state index in [9.17, 15) is 4.79 Å². The van der Waals surface area contributed by atoms with Gasteiger partial charge in [-0.2, -0.15) is 4.98 Å². The van der Waals surface area contributed by atoms with Crippen molar-refractivity contribution in [3.8, 4) is 0 Å². The summed E-state index contributed by atoms with van der Waals surface area (Å²) in [6.45, 7) is 3.89. The van der Waals surface area contributed by atoms with Crippen molar-refractivity contribution < 1.29 is 4.74 Å². The Morgan fingerprint density at radius 2 is 2.28 bits per heavy atom. The monoisotopic (exact) mass is 291 g/mol. The quantitative estimate of drug-likeness (QED) is 0.846. The Morgan fingerprint density at radius 1 is 1.61 bits per heavy atom. The summed E-state index contributed by atoms with van der Waals surface area (Å²) in [5.41, 5.74) is 4.92. The SMILES string of the molecule is CC[C@H]1O[C@@H](n2ccc(N)nc2=O)C(Cl)(Cl)[C@H]1C. The van der Waals surface area contributed by atoms with Gasteiger partial charge in [-0.3, -0.25) is 4.57 Å². The number of hydrogen-bond donors (Lipinski definition) is 1. The lowest BCUT2D eigenvalue weighted by Crippen LogP contribution is -2.36. The molecule has 0 radical (unpaired) electrons. The van der Waals surface area contributed by atoms with Crippen LogP contribution in [-0.2, 0) is 4.74 Å². The second-order valence-electron chi connectivity index (χ2n) is 4.44. The lowest BCUT2D eigenvalue weighted by molar-refractivity contribution is -0.00914. The molecule has 2 rings (SSSR count). The predicted molar refractivity (Wildman–Crippen MR) is 70.7 cm³/mol. The minimum Gasteiger partial charge on any atom is -0.383 e. The molecule has 0 amide bonds. The van der Waals surface area contributed by atoms with Crippen LogP contribution in [0.4, 0.5) is 5.82 Å². The molecule has 1 saturated heterocycles. The number of ether oxygens (including phenoxy) is 1. The van der Waals surface area contributed by atoms with Gasteiger partial charge in [0.15, 0.2) is 10.6 Å². The summed E-state index contributed by atoms with van der Waals surface area (Å²) in [5.74, 6) is 0.0735. The fraction of sp³-hybridized carbons (Fsp3) is 0.636. The molecule has 0 aliphatic carbocycles. The summed E-state index contributed by atoms with van der Waals surface area (Å²) in [4.78, 5) is 15.4. The molecule has 100 valence electrons. The van der Waals surface area contributed by atoms with Gasteiger partial charge < -0.3 is 10.5 Å². The second-order valence-corrected chi connectivity index (χ2v) is 5.88. The molecule has 0 unspecified atom stereocenters. The van der Waals surface area contributed by atoms with Gasteiger partial charge in [0.1, 0.15) is 5.82 Å². The zero-order valence-corrected chi connectivity index (χ0v) is 11.6. The first-order chi connectivity index (χ1) is 8.37. The zero-order chi connectivity index (χ0) is 13.5. The topological polar surface area (TPSA) is 70.1 Å². The van der Waals surface area contributed by atoms with Gasteiger partial charge in [0.2, 0.25) is 0 Å². The molecule has 2 heterocycles. The van der Waals surface area contributed by atoms with Crippen molar-refractivity contribution >= 4 is 29.0 Å². The Labute approximate surface area is 115 Å². The van der Waals surface area contributed by atoms with Gasteiger partial charge in [-0.1, -0.05) is 37.0 Å². The molecular formula is C11H15Cl2N3O2. The van der Waals surface area contributed by atoms with Crippen molar-refractivity contribution in [1.82, 2.24) is 9.55 Å². The van der Waals surface area contributed by atoms with Crippen molar-refractivity contribution in [2.24, 2.45) is 5.92 Å². The van der Waals surface area contributed by atoms with Gasteiger partial charge in [0, 0.05) is 12.1 Å². The highest BCUT2D eigenvalue weighted by Crippen LogP contribution is 2.50. The van der Waals surface area contributed by atoms with Crippen LogP contribution in [0.25, 0.3) is 0 Å². The Morgan fingerprint density at radius 3 is 2.78 bits per heavy atom. The van der Waals surface area contributed by atoms with E-state index in [0.717, 1.165) is 6.42 Å². The highest BCUT2D eigenvalue weighted by molar-refractivity contribution is 6.49. The van der Waals surface area contributed by atoms with Gasteiger partial charge in [0.25, 0.3) is 0 Å². The highest BCUT2D eigenvalue weighted by Gasteiger charge is 2.53. The van der Waals surface area contributed by atoms with Crippen LogP contribution in [-0.4, -0.2) is 20.0 Å². The van der Waals surface area contributed by atoms with E-state index in [2.05, 4.69) is 4.98 Å². The number of alkyl halides is 2. The van der Waals surface area contributed by atoms with Crippen molar-refractivity contribution in [2.45, 2.75) is 36.9 Å². The molecule has 0 saturated carbocycles. The maximum absolute atomic E-state index is 11.8. The Bertz CT molecular complexity index is 503. The minimum atomic E-state index is -1.16. The van der Waals surface area contributed by atoms with Crippen LogP contribution < -0.4 is 11.4 Å². The number of nitrogen functional groups attached to an aromatic ring is 1. The average molecular weight is 292 g/mol. The summed E-state index contributed by atoms with van der Waals surface area (Å²) in [5, 5.41) is 0. The predicted octanol–water partition coefficient (Wildman–Crippen LogP) is 1.94. The fourth-order valence-electron chi connectivity index (χ4n) is 2.15. The van der Waals surface area contributed by atoms with E-state index in [1.54, 1.807) is 0 Å². The highest BCUT2D eigenvalue weighted by atomic mass is 35.5. The molecule has 1 aromatic rings. The number of nitrogens with two attached hydrogens (primary N) is 1. The number of aromatic nitrogens is 2. The molecule has 1 aliphatic rings. The summed E-state index contributed by atoms with van der Waals surface area (Å²) < 4.78 is 5.88. The summed E-state index contributed by atoms with van der Waals surface area (Å²) in [7, 11) is 0. The Hall–Kier alpha value is -0.780. The number of halogens is 2. The molecule has 1 aromatic heterocycles. The Balaban J connectivity index is 2.42. The molecule has 18 heavy (non-hydrogen) atoms. The van der Waals surface area contributed by atoms with Crippen LogP contribution in [0.2, 0.25) is 0 Å². The van der Waals surface area contributed by atoms with Crippen LogP contribution in [0.5, 0.6) is 0 Å². The average Bonchev–Trinajstić information content (AvgIpc) is 2.52. The molecule has 1 aliphatic heterocycles. The van der Waals surface area contributed by atoms with E-state index in [0.29, 0.717) is 0 Å². The van der Waals surface area contributed by atoms with Crippen molar-refractivity contribution in [3.05, 3.63) is 22.7 Å². The summed E-state index contributed by atoms with van der Waals surface area (Å²) in [6, 6.07) is 1.51. The van der Waals surface area contributed by atoms with Crippen LogP contribution in [0, 0.1) is 5.92 Å². The van der Waals surface area contributed by atoms with Gasteiger partial charge >= 0.3 is 5.69 Å². The maximum atomic E-state index is 11.8. The van der Waals surface area contributed by atoms with E-state index in [-0.39, 0.29) is 17.8 Å². The van der Waals surface area contributed by atoms with Gasteiger partial charge in [-0.15, -0.1) is 0 Å². The third kappa shape index (κ3) is 2.11. The molecule has 3 atom stereocenters. The van der Waals surface area contributed by atoms with E-state index >= 15 is 0 Å². The van der Waals surface area contributed by atoms with Crippen molar-refractivity contribution in [2.75, 3.05) is 5.73 Å². The van der Waals surface area contributed by atoms with Gasteiger partial charge in [-0.05, 0) is 12.5 Å². The van der Waals surface area contributed by atoms with E-state index in [1.807, 2.05) is 13.8 Å². The smallest absolute Gasteiger partial charge is 0.351 e. The van der Waals surface area contributed by atoms with Crippen LogP contribution in [0.3, 0.4) is 0 Å². The number of hydrogen-bond acceptors (Lipinski definition) is 4. The molecule has 1 fully saturated rings. The largest absolute Gasteiger partial charge is 0.383 e. The van der Waals surface area contributed by atoms with Crippen LogP contribution in [0.1, 0.15) is 26.5 Å². The maximum Gasteiger partial charge on any atom is 0.351 e. The van der Waals surface area contributed by atoms with E-state index in [4.69, 9.17) is 33.7 Å². The number of anilines is 1. The first-order valence-corrected chi connectivity index (χ1v) is 6.51. The molecular weight excluding hydrogens is 277 g/mol. The van der Waals surface area contributed by atoms with Crippen molar-refractivity contribution in [3.63, 3.8) is 0 Å². The zero-order valence-electron chi connectivity index (χ0n) is 10.1. The first-order valence-electron chi connectivity index (χ1n) is 5.75. The second kappa shape index (κ2) is 4.72. The summed E-state index contributed by atoms with van der Waals surface area (Å²) in [6.07, 6.45) is 1.44. The normalized spacial score (nSPS) is 30.6. The van der Waals surface area contributed by atoms with E-state index in [1.165, 1.54) is 16.8 Å². The van der Waals surface area contributed by atoms with Gasteiger partial charge in [0.05, 0.1) is 6.10 Å². The first kappa shape index (κ1) is 13.6. The molecule has 0 spiro atoms. The molecule has 0 bridgehead atoms. The molecule has 7 heteroatoms. The molecule has 5 nitrogen and oxygen atoms in total. The third-order valence-corrected chi connectivity index (χ3v) is 4.37. The fourth-order valence-corrected chi connectivity index (χ4v) is 2.75. The van der Waals surface area contributed by atoms with Crippen LogP contribution in [0.15, 0.2) is 17.1 Å². The standard InChI is InChI=1S/C11H15Cl2N3O2/c1-3-7-6(2)11(12,13)9(18-7)16-5-4-8(14)15-10(16)17/h4-7,9H,3H2,1-2H3,(H2,14,15,17)/t6-,7+,9+/m0/s1. The molecule has 2 N–H and O–H groups in total. The minimum absolute atomic E-state index is 0.0831. The lowest BCUT2D eigenvalue weighted by atomic mass is 10.0. The third-order valence-electron chi connectivity index (χ3n) is 3.30. The van der Waals surface area contributed by atoms with Crippen LogP contribution >= 0.6 is 23.2 Å². The number of nitrogens with zero attached hydrogens (tertiary/aromatic N) is 2.